The summed E-state index contributed by atoms with van der Waals surface area (Å²) in [6.45, 7) is 0. The van der Waals surface area contributed by atoms with Crippen LogP contribution in [0.1, 0.15) is 21.8 Å². The van der Waals surface area contributed by atoms with Gasteiger partial charge in [0.1, 0.15) is 0 Å². The van der Waals surface area contributed by atoms with Gasteiger partial charge in [0.05, 0.1) is 12.0 Å². The Bertz CT molecular complexity index is 1110. The van der Waals surface area contributed by atoms with E-state index in [1.807, 2.05) is 54.6 Å². The molecule has 7 heteroatoms. The fourth-order valence-corrected chi connectivity index (χ4v) is 3.37. The van der Waals surface area contributed by atoms with Crippen LogP contribution in [0.3, 0.4) is 0 Å². The molecular formula is C21H15IN4O2. The summed E-state index contributed by atoms with van der Waals surface area (Å²) in [6.07, 6.45) is 3.78. The lowest BCUT2D eigenvalue weighted by atomic mass is 10.1. The molecule has 0 radical (unpaired) electrons. The third kappa shape index (κ3) is 4.09. The zero-order chi connectivity index (χ0) is 19.3. The summed E-state index contributed by atoms with van der Waals surface area (Å²) in [7, 11) is 0. The molecule has 0 fully saturated rings. The molecule has 2 aromatic heterocycles. The van der Waals surface area contributed by atoms with Gasteiger partial charge in [0.2, 0.25) is 11.7 Å². The number of para-hydroxylation sites is 1. The minimum Gasteiger partial charge on any atom is -0.339 e. The average molecular weight is 482 g/mol. The van der Waals surface area contributed by atoms with Crippen LogP contribution in [0.5, 0.6) is 0 Å². The molecule has 0 spiro atoms. The van der Waals surface area contributed by atoms with Crippen LogP contribution in [0, 0.1) is 3.57 Å². The van der Waals surface area contributed by atoms with E-state index in [0.29, 0.717) is 23.7 Å². The maximum atomic E-state index is 12.7. The van der Waals surface area contributed by atoms with Gasteiger partial charge in [0.25, 0.3) is 5.91 Å². The first-order chi connectivity index (χ1) is 13.7. The highest BCUT2D eigenvalue weighted by molar-refractivity contribution is 14.1. The number of halogens is 1. The van der Waals surface area contributed by atoms with Gasteiger partial charge >= 0.3 is 0 Å². The lowest BCUT2D eigenvalue weighted by molar-refractivity contribution is 0.102. The first kappa shape index (κ1) is 18.3. The minimum atomic E-state index is -0.152. The van der Waals surface area contributed by atoms with Gasteiger partial charge < -0.3 is 9.84 Å². The maximum absolute atomic E-state index is 12.7. The van der Waals surface area contributed by atoms with E-state index in [1.54, 1.807) is 18.5 Å². The Hall–Kier alpha value is -3.07. The van der Waals surface area contributed by atoms with Crippen LogP contribution in [0.2, 0.25) is 0 Å². The molecule has 4 rings (SSSR count). The molecule has 0 bridgehead atoms. The molecule has 0 aliphatic rings. The molecule has 1 amide bonds. The largest absolute Gasteiger partial charge is 0.339 e. The highest BCUT2D eigenvalue weighted by Gasteiger charge is 2.14. The number of carbonyl (C=O) groups excluding carboxylic acids is 1. The summed E-state index contributed by atoms with van der Waals surface area (Å²) in [6, 6.07) is 18.7. The third-order valence-corrected chi connectivity index (χ3v) is 5.07. The molecule has 0 aliphatic heterocycles. The number of nitrogens with one attached hydrogen (secondary N) is 1. The van der Waals surface area contributed by atoms with Crippen LogP contribution < -0.4 is 5.32 Å². The van der Waals surface area contributed by atoms with Crippen molar-refractivity contribution in [3.63, 3.8) is 0 Å². The predicted molar refractivity (Wildman–Crippen MR) is 114 cm³/mol. The zero-order valence-corrected chi connectivity index (χ0v) is 16.8. The smallest absolute Gasteiger partial charge is 0.256 e. The number of hydrogen-bond donors (Lipinski definition) is 1. The second-order valence-electron chi connectivity index (χ2n) is 6.02. The second kappa shape index (κ2) is 8.30. The lowest BCUT2D eigenvalue weighted by Crippen LogP contribution is -2.14. The first-order valence-electron chi connectivity index (χ1n) is 8.57. The summed E-state index contributed by atoms with van der Waals surface area (Å²) in [4.78, 5) is 21.1. The Kier molecular flexibility index (Phi) is 5.43. The van der Waals surface area contributed by atoms with Crippen LogP contribution in [0.4, 0.5) is 5.69 Å². The summed E-state index contributed by atoms with van der Waals surface area (Å²) >= 11 is 2.16. The van der Waals surface area contributed by atoms with E-state index in [0.717, 1.165) is 20.4 Å². The zero-order valence-electron chi connectivity index (χ0n) is 14.7. The number of carbonyl (C=O) groups is 1. The molecule has 0 aliphatic carbocycles. The molecular weight excluding hydrogens is 467 g/mol. The van der Waals surface area contributed by atoms with Crippen molar-refractivity contribution in [2.75, 3.05) is 5.32 Å². The Labute approximate surface area is 175 Å². The van der Waals surface area contributed by atoms with Crippen molar-refractivity contribution in [2.45, 2.75) is 6.42 Å². The highest BCUT2D eigenvalue weighted by atomic mass is 127. The van der Waals surface area contributed by atoms with Crippen molar-refractivity contribution in [3.05, 3.63) is 93.6 Å². The van der Waals surface area contributed by atoms with Gasteiger partial charge in [-0.25, -0.2) is 0 Å². The standard InChI is InChI=1S/C21H15IN4O2/c22-17-7-3-2-6-16(17)21(27)24-18-8-4-1-5-15(18)13-19-25-20(26-28-19)14-9-11-23-12-10-14/h1-12H,13H2,(H,24,27). The van der Waals surface area contributed by atoms with Crippen molar-refractivity contribution >= 4 is 34.2 Å². The van der Waals surface area contributed by atoms with E-state index in [4.69, 9.17) is 4.52 Å². The van der Waals surface area contributed by atoms with Crippen molar-refractivity contribution in [3.8, 4) is 11.4 Å². The van der Waals surface area contributed by atoms with E-state index >= 15 is 0 Å². The highest BCUT2D eigenvalue weighted by Crippen LogP contribution is 2.22. The fourth-order valence-electron chi connectivity index (χ4n) is 2.74. The SMILES string of the molecule is O=C(Nc1ccccc1Cc1nc(-c2ccncc2)no1)c1ccccc1I. The summed E-state index contributed by atoms with van der Waals surface area (Å²) < 4.78 is 6.29. The topological polar surface area (TPSA) is 80.9 Å². The number of benzene rings is 2. The Morgan fingerprint density at radius 1 is 1.00 bits per heavy atom. The van der Waals surface area contributed by atoms with Gasteiger partial charge in [0.15, 0.2) is 0 Å². The van der Waals surface area contributed by atoms with Gasteiger partial charge in [0, 0.05) is 27.2 Å². The molecule has 2 heterocycles. The van der Waals surface area contributed by atoms with Crippen LogP contribution in [-0.4, -0.2) is 21.0 Å². The van der Waals surface area contributed by atoms with Crippen LogP contribution in [0.15, 0.2) is 77.6 Å². The molecule has 0 saturated carbocycles. The van der Waals surface area contributed by atoms with E-state index < -0.39 is 0 Å². The number of amides is 1. The van der Waals surface area contributed by atoms with E-state index in [9.17, 15) is 4.79 Å². The molecule has 1 N–H and O–H groups in total. The van der Waals surface area contributed by atoms with Gasteiger partial charge in [-0.3, -0.25) is 9.78 Å². The van der Waals surface area contributed by atoms with Crippen molar-refractivity contribution < 1.29 is 9.32 Å². The quantitative estimate of drug-likeness (QED) is 0.422. The summed E-state index contributed by atoms with van der Waals surface area (Å²) in [5, 5.41) is 7.01. The van der Waals surface area contributed by atoms with E-state index in [2.05, 4.69) is 43.0 Å². The van der Waals surface area contributed by atoms with Crippen LogP contribution >= 0.6 is 22.6 Å². The molecule has 0 atom stereocenters. The Morgan fingerprint density at radius 3 is 2.57 bits per heavy atom. The monoisotopic (exact) mass is 482 g/mol. The van der Waals surface area contributed by atoms with Gasteiger partial charge in [-0.1, -0.05) is 35.5 Å². The molecule has 6 nitrogen and oxygen atoms in total. The molecule has 4 aromatic rings. The molecule has 2 aromatic carbocycles. The van der Waals surface area contributed by atoms with Gasteiger partial charge in [-0.15, -0.1) is 0 Å². The number of hydrogen-bond acceptors (Lipinski definition) is 5. The Balaban J connectivity index is 1.55. The average Bonchev–Trinajstić information content (AvgIpc) is 3.19. The normalized spacial score (nSPS) is 10.6. The number of aromatic nitrogens is 3. The minimum absolute atomic E-state index is 0.152. The third-order valence-electron chi connectivity index (χ3n) is 4.13. The van der Waals surface area contributed by atoms with Crippen molar-refractivity contribution in [2.24, 2.45) is 0 Å². The number of pyridine rings is 1. The summed E-state index contributed by atoms with van der Waals surface area (Å²) in [5.74, 6) is 0.834. The maximum Gasteiger partial charge on any atom is 0.256 e. The van der Waals surface area contributed by atoms with Crippen LogP contribution in [0.25, 0.3) is 11.4 Å². The van der Waals surface area contributed by atoms with Crippen LogP contribution in [-0.2, 0) is 6.42 Å². The molecule has 28 heavy (non-hydrogen) atoms. The van der Waals surface area contributed by atoms with Gasteiger partial charge in [-0.2, -0.15) is 4.98 Å². The van der Waals surface area contributed by atoms with Crippen molar-refractivity contribution in [1.29, 1.82) is 0 Å². The predicted octanol–water partition coefficient (Wildman–Crippen LogP) is 4.58. The molecule has 0 saturated heterocycles. The van der Waals surface area contributed by atoms with Gasteiger partial charge in [-0.05, 0) is 58.5 Å². The molecule has 0 unspecified atom stereocenters. The Morgan fingerprint density at radius 2 is 1.75 bits per heavy atom. The van der Waals surface area contributed by atoms with E-state index in [-0.39, 0.29) is 5.91 Å². The van der Waals surface area contributed by atoms with E-state index in [1.165, 1.54) is 0 Å². The number of anilines is 1. The van der Waals surface area contributed by atoms with Crippen molar-refractivity contribution in [1.82, 2.24) is 15.1 Å². The second-order valence-corrected chi connectivity index (χ2v) is 7.18. The fraction of sp³-hybridized carbons (Fsp3) is 0.0476. The number of rotatable bonds is 5. The lowest BCUT2D eigenvalue weighted by Gasteiger charge is -2.10. The first-order valence-corrected chi connectivity index (χ1v) is 9.65. The summed E-state index contributed by atoms with van der Waals surface area (Å²) in [5.41, 5.74) is 3.09. The molecule has 138 valence electrons. The number of nitrogens with zero attached hydrogens (tertiary/aromatic N) is 3.